The maximum absolute atomic E-state index is 13.0. The number of Topliss-reactive ketones (excluding diaryl/α,β-unsaturated/α-hetero) is 1. The van der Waals surface area contributed by atoms with Gasteiger partial charge >= 0.3 is 0 Å². The van der Waals surface area contributed by atoms with Crippen molar-refractivity contribution in [3.05, 3.63) is 77.0 Å². The van der Waals surface area contributed by atoms with Crippen molar-refractivity contribution in [1.29, 1.82) is 0 Å². The number of para-hydroxylation sites is 1. The Morgan fingerprint density at radius 1 is 1.13 bits per heavy atom. The molecule has 0 unspecified atom stereocenters. The molecule has 1 N–H and O–H groups in total. The lowest BCUT2D eigenvalue weighted by Crippen LogP contribution is -2.31. The topological polar surface area (TPSA) is 69.0 Å². The van der Waals surface area contributed by atoms with Crippen molar-refractivity contribution in [3.63, 3.8) is 0 Å². The van der Waals surface area contributed by atoms with E-state index in [1.807, 2.05) is 54.1 Å². The van der Waals surface area contributed by atoms with E-state index in [0.717, 1.165) is 41.2 Å². The van der Waals surface area contributed by atoms with Gasteiger partial charge in [0.2, 0.25) is 11.1 Å². The van der Waals surface area contributed by atoms with E-state index < -0.39 is 0 Å². The van der Waals surface area contributed by atoms with Crippen molar-refractivity contribution in [2.24, 2.45) is 0 Å². The van der Waals surface area contributed by atoms with Gasteiger partial charge in [-0.15, -0.1) is 5.10 Å². The van der Waals surface area contributed by atoms with Gasteiger partial charge in [-0.1, -0.05) is 60.3 Å². The average molecular weight is 433 g/mol. The van der Waals surface area contributed by atoms with Gasteiger partial charge in [0.25, 0.3) is 0 Å². The fraction of sp³-hybridized carbons (Fsp3) is 0.292. The minimum Gasteiger partial charge on any atom is -0.494 e. The summed E-state index contributed by atoms with van der Waals surface area (Å²) in [6.45, 7) is 2.53. The van der Waals surface area contributed by atoms with Crippen molar-refractivity contribution in [2.75, 3.05) is 11.9 Å². The molecule has 2 aromatic carbocycles. The van der Waals surface area contributed by atoms with Crippen LogP contribution in [0, 0.1) is 0 Å². The third-order valence-corrected chi connectivity index (χ3v) is 6.48. The predicted octanol–water partition coefficient (Wildman–Crippen LogP) is 4.99. The molecule has 1 aliphatic heterocycles. The van der Waals surface area contributed by atoms with Crippen LogP contribution < -0.4 is 10.1 Å². The highest BCUT2D eigenvalue weighted by Gasteiger charge is 2.38. The van der Waals surface area contributed by atoms with Gasteiger partial charge in [-0.3, -0.25) is 4.79 Å². The van der Waals surface area contributed by atoms with Gasteiger partial charge in [-0.25, -0.2) is 4.68 Å². The zero-order valence-corrected chi connectivity index (χ0v) is 18.2. The fourth-order valence-electron chi connectivity index (χ4n) is 4.20. The molecule has 0 radical (unpaired) electrons. The van der Waals surface area contributed by atoms with Crippen LogP contribution >= 0.6 is 11.8 Å². The molecular weight excluding hydrogens is 408 g/mol. The molecule has 0 spiro atoms. The second-order valence-corrected chi connectivity index (χ2v) is 8.55. The van der Waals surface area contributed by atoms with Crippen molar-refractivity contribution < 1.29 is 9.53 Å². The van der Waals surface area contributed by atoms with E-state index in [9.17, 15) is 4.79 Å². The molecule has 0 bridgehead atoms. The molecular formula is C24H24N4O2S. The molecule has 7 heteroatoms. The number of nitrogens with zero attached hydrogens (tertiary/aromatic N) is 3. The van der Waals surface area contributed by atoms with E-state index >= 15 is 0 Å². The van der Waals surface area contributed by atoms with E-state index in [1.165, 1.54) is 5.56 Å². The summed E-state index contributed by atoms with van der Waals surface area (Å²) in [7, 11) is 0. The Morgan fingerprint density at radius 2 is 1.94 bits per heavy atom. The molecule has 5 rings (SSSR count). The summed E-state index contributed by atoms with van der Waals surface area (Å²) < 4.78 is 7.77. The van der Waals surface area contributed by atoms with Crippen LogP contribution in [0.4, 0.5) is 5.95 Å². The Balaban J connectivity index is 1.55. The summed E-state index contributed by atoms with van der Waals surface area (Å²) in [6, 6.07) is 17.9. The Morgan fingerprint density at radius 3 is 2.77 bits per heavy atom. The summed E-state index contributed by atoms with van der Waals surface area (Å²) >= 11 is 1.60. The largest absolute Gasteiger partial charge is 0.494 e. The number of thioether (sulfide) groups is 1. The number of benzene rings is 2. The standard InChI is InChI=1S/C24H24N4O2S/c1-2-30-20-14-7-6-11-17(20)22-21-18(12-8-13-19(21)29)25-23-26-24(27-28(22)23)31-15-16-9-4-3-5-10-16/h3-7,9-11,14,22H,2,8,12-13,15H2,1H3,(H,25,26,27)/t22-/m1/s1. The molecule has 158 valence electrons. The first kappa shape index (κ1) is 19.9. The van der Waals surface area contributed by atoms with Crippen LogP contribution in [0.5, 0.6) is 5.75 Å². The van der Waals surface area contributed by atoms with Gasteiger partial charge in [0.05, 0.1) is 6.61 Å². The number of fused-ring (bicyclic) bond motifs is 1. The number of allylic oxidation sites excluding steroid dienone is 2. The number of rotatable bonds is 6. The summed E-state index contributed by atoms with van der Waals surface area (Å²) in [4.78, 5) is 17.8. The SMILES string of the molecule is CCOc1ccccc1[C@@H]1C2=C(CCCC2=O)Nc2nc(SCc3ccccc3)nn21. The second kappa shape index (κ2) is 8.59. The van der Waals surface area contributed by atoms with Crippen molar-refractivity contribution in [1.82, 2.24) is 14.8 Å². The maximum atomic E-state index is 13.0. The molecule has 0 saturated heterocycles. The summed E-state index contributed by atoms with van der Waals surface area (Å²) in [6.07, 6.45) is 2.26. The highest BCUT2D eigenvalue weighted by molar-refractivity contribution is 7.98. The van der Waals surface area contributed by atoms with Gasteiger partial charge in [0.1, 0.15) is 11.8 Å². The van der Waals surface area contributed by atoms with E-state index in [-0.39, 0.29) is 11.8 Å². The van der Waals surface area contributed by atoms with Crippen LogP contribution in [0.15, 0.2) is 71.0 Å². The van der Waals surface area contributed by atoms with Crippen LogP contribution in [-0.4, -0.2) is 27.2 Å². The average Bonchev–Trinajstić information content (AvgIpc) is 3.20. The van der Waals surface area contributed by atoms with Crippen molar-refractivity contribution in [2.45, 2.75) is 43.1 Å². The third-order valence-electron chi connectivity index (χ3n) is 5.57. The Bertz CT molecular complexity index is 1140. The normalized spacial score (nSPS) is 17.7. The van der Waals surface area contributed by atoms with Crippen LogP contribution in [0.1, 0.15) is 43.4 Å². The van der Waals surface area contributed by atoms with Gasteiger partial charge in [0.15, 0.2) is 5.78 Å². The zero-order valence-electron chi connectivity index (χ0n) is 17.4. The maximum Gasteiger partial charge on any atom is 0.227 e. The number of ketones is 1. The molecule has 1 aliphatic carbocycles. The van der Waals surface area contributed by atoms with Crippen LogP contribution in [0.2, 0.25) is 0 Å². The van der Waals surface area contributed by atoms with Gasteiger partial charge in [0, 0.05) is 29.0 Å². The van der Waals surface area contributed by atoms with Crippen LogP contribution in [-0.2, 0) is 10.5 Å². The molecule has 0 fully saturated rings. The number of carbonyl (C=O) groups excluding carboxylic acids is 1. The molecule has 0 amide bonds. The minimum atomic E-state index is -0.333. The molecule has 1 aromatic heterocycles. The summed E-state index contributed by atoms with van der Waals surface area (Å²) in [5.74, 6) is 2.42. The first-order valence-corrected chi connectivity index (χ1v) is 11.6. The van der Waals surface area contributed by atoms with E-state index in [1.54, 1.807) is 11.8 Å². The molecule has 0 saturated carbocycles. The van der Waals surface area contributed by atoms with Crippen LogP contribution in [0.25, 0.3) is 0 Å². The molecule has 2 aliphatic rings. The van der Waals surface area contributed by atoms with Crippen molar-refractivity contribution in [3.8, 4) is 5.75 Å². The molecule has 3 aromatic rings. The van der Waals surface area contributed by atoms with Crippen molar-refractivity contribution >= 4 is 23.5 Å². The van der Waals surface area contributed by atoms with Gasteiger partial charge < -0.3 is 10.1 Å². The zero-order chi connectivity index (χ0) is 21.2. The highest BCUT2D eigenvalue weighted by Crippen LogP contribution is 2.43. The number of hydrogen-bond acceptors (Lipinski definition) is 6. The molecule has 31 heavy (non-hydrogen) atoms. The third kappa shape index (κ3) is 3.85. The highest BCUT2D eigenvalue weighted by atomic mass is 32.2. The number of hydrogen-bond donors (Lipinski definition) is 1. The number of aromatic nitrogens is 3. The van der Waals surface area contributed by atoms with Gasteiger partial charge in [-0.2, -0.15) is 4.98 Å². The first-order chi connectivity index (χ1) is 15.2. The Labute approximate surface area is 185 Å². The number of anilines is 1. The Kier molecular flexibility index (Phi) is 5.51. The Hall–Kier alpha value is -3.06. The minimum absolute atomic E-state index is 0.171. The second-order valence-electron chi connectivity index (χ2n) is 7.60. The van der Waals surface area contributed by atoms with E-state index in [4.69, 9.17) is 14.8 Å². The number of nitrogens with one attached hydrogen (secondary N) is 1. The van der Waals surface area contributed by atoms with E-state index in [2.05, 4.69) is 17.4 Å². The molecule has 2 heterocycles. The lowest BCUT2D eigenvalue weighted by molar-refractivity contribution is -0.116. The molecule has 1 atom stereocenters. The lowest BCUT2D eigenvalue weighted by Gasteiger charge is -2.32. The summed E-state index contributed by atoms with van der Waals surface area (Å²) in [5.41, 5.74) is 3.92. The van der Waals surface area contributed by atoms with Crippen LogP contribution in [0.3, 0.4) is 0 Å². The first-order valence-electron chi connectivity index (χ1n) is 10.6. The number of ether oxygens (including phenoxy) is 1. The smallest absolute Gasteiger partial charge is 0.227 e. The lowest BCUT2D eigenvalue weighted by atomic mass is 9.85. The number of carbonyl (C=O) groups is 1. The monoisotopic (exact) mass is 432 g/mol. The summed E-state index contributed by atoms with van der Waals surface area (Å²) in [5, 5.41) is 8.90. The fourth-order valence-corrected chi connectivity index (χ4v) is 4.99. The van der Waals surface area contributed by atoms with E-state index in [0.29, 0.717) is 24.1 Å². The predicted molar refractivity (Wildman–Crippen MR) is 121 cm³/mol. The molecule has 6 nitrogen and oxygen atoms in total. The quantitative estimate of drug-likeness (QED) is 0.554. The van der Waals surface area contributed by atoms with Gasteiger partial charge in [-0.05, 0) is 31.4 Å².